The molecule has 1 unspecified atom stereocenters. The zero-order chi connectivity index (χ0) is 55.5. The second kappa shape index (κ2) is 41.1. The molecule has 0 aromatic carbocycles. The van der Waals surface area contributed by atoms with Crippen molar-refractivity contribution in [3.05, 3.63) is 0 Å². The molecule has 1 aliphatic carbocycles. The molecule has 0 bridgehead atoms. The summed E-state index contributed by atoms with van der Waals surface area (Å²) in [6, 6.07) is -1.76. The van der Waals surface area contributed by atoms with Crippen molar-refractivity contribution in [3.8, 4) is 0 Å². The third-order valence-corrected chi connectivity index (χ3v) is 14.4. The quantitative estimate of drug-likeness (QED) is 0.0165. The summed E-state index contributed by atoms with van der Waals surface area (Å²) in [6.07, 6.45) is 0.346. The molecule has 74 heavy (non-hydrogen) atoms. The highest BCUT2D eigenvalue weighted by Gasteiger charge is 2.56. The molecule has 1 aliphatic heterocycles. The molecule has 11 N–H and O–H groups in total. The fraction of sp³-hybridized carbons (Fsp3) is 0.941. The van der Waals surface area contributed by atoms with Gasteiger partial charge in [-0.15, -0.1) is 0 Å². The van der Waals surface area contributed by atoms with Crippen molar-refractivity contribution in [2.24, 2.45) is 5.73 Å². The number of aliphatic hydroxyl groups excluding tert-OH is 7. The van der Waals surface area contributed by atoms with Crippen LogP contribution in [0.25, 0.3) is 0 Å². The van der Waals surface area contributed by atoms with E-state index in [1.165, 1.54) is 90.3 Å². The highest BCUT2D eigenvalue weighted by Crippen LogP contribution is 2.49. The zero-order valence-electron chi connectivity index (χ0n) is 45.2. The monoisotopic (exact) mass is 1090 g/mol. The Bertz CT molecular complexity index is 1490. The van der Waals surface area contributed by atoms with Crippen molar-refractivity contribution in [1.29, 1.82) is 0 Å². The number of phosphoric acid groups is 1. The number of aliphatic hydroxyl groups is 7. The lowest BCUT2D eigenvalue weighted by Gasteiger charge is -2.48. The molecule has 0 radical (unpaired) electrons. The molecule has 14 atom stereocenters. The Kier molecular flexibility index (Phi) is 38.9. The maximum Gasteiger partial charge on any atom is 0.478 e. The number of carboxylic acid groups (broad SMARTS) is 1. The average Bonchev–Trinajstić information content (AvgIpc) is 3.36. The van der Waals surface area contributed by atoms with Gasteiger partial charge in [-0.2, -0.15) is 0 Å². The molecule has 0 aromatic heterocycles. The van der Waals surface area contributed by atoms with E-state index >= 15 is 0 Å². The lowest BCUT2D eigenvalue weighted by molar-refractivity contribution is -0.340. The molecule has 0 aromatic rings. The largest absolute Gasteiger partial charge is 0.480 e. The fourth-order valence-corrected chi connectivity index (χ4v) is 9.56. The van der Waals surface area contributed by atoms with E-state index in [-0.39, 0.29) is 12.8 Å². The SMILES string of the molecule is CCCCCCCCCCCCCCC(=O)O[C@H](OC(=O)CCCCCCCCCCCCC)OP(=O)(O)O[C@@H]1[C@@H](OC[C@@H](N)C(=O)O)[C@H](O)[C@@H](O)[C@H](O)[C@@H]1O[C@@H]1O[C@H](CO)[C@@H](O)[C@H](O)[C@@H]1O.CCN(CC)CC. The molecule has 0 amide bonds. The van der Waals surface area contributed by atoms with Crippen LogP contribution in [0.2, 0.25) is 0 Å². The van der Waals surface area contributed by atoms with E-state index in [0.29, 0.717) is 25.7 Å². The highest BCUT2D eigenvalue weighted by molar-refractivity contribution is 7.47. The van der Waals surface area contributed by atoms with Gasteiger partial charge in [-0.1, -0.05) is 169 Å². The van der Waals surface area contributed by atoms with Gasteiger partial charge in [-0.05, 0) is 32.5 Å². The van der Waals surface area contributed by atoms with Crippen LogP contribution in [0.15, 0.2) is 0 Å². The Morgan fingerprint density at radius 1 is 0.568 bits per heavy atom. The smallest absolute Gasteiger partial charge is 0.478 e. The average molecular weight is 1090 g/mol. The highest BCUT2D eigenvalue weighted by atomic mass is 31.2. The summed E-state index contributed by atoms with van der Waals surface area (Å²) in [5, 5.41) is 83.2. The van der Waals surface area contributed by atoms with Gasteiger partial charge in [0.15, 0.2) is 6.29 Å². The van der Waals surface area contributed by atoms with Crippen molar-refractivity contribution in [2.75, 3.05) is 32.8 Å². The number of ether oxygens (including phenoxy) is 5. The standard InChI is InChI=1S/C45H84NO20P.C6H15N/c1-3-5-7-9-11-13-15-17-19-21-23-25-27-33(49)63-45(62-32(48)26-24-22-20-18-16-14-12-10-8-6-4-2)66-67(58,59)65-42-40(60-29-30(46)43(56)57)37(53)36(52)38(54)41(42)64-44-39(55)35(51)34(50)31(28-47)61-44;1-4-7(5-2)6-3/h30-31,34-42,44-45,47,50-55H,3-29,46H2,1-2H3,(H,56,57)(H,58,59);4-6H2,1-3H3/t30-,31-,34-,35+,36-,37-,38+,39+,40+,41+,42-,44+,45+;/m1./s1. The number of carbonyl (C=O) groups is 3. The molecule has 1 saturated carbocycles. The summed E-state index contributed by atoms with van der Waals surface area (Å²) in [7, 11) is -5.77. The van der Waals surface area contributed by atoms with Gasteiger partial charge < -0.3 is 80.1 Å². The number of hydrogen-bond donors (Lipinski definition) is 10. The number of nitrogens with two attached hydrogens (primary N) is 1. The minimum Gasteiger partial charge on any atom is -0.480 e. The lowest BCUT2D eigenvalue weighted by Crippen LogP contribution is -2.68. The number of aliphatic carboxylic acids is 1. The minimum atomic E-state index is -5.77. The van der Waals surface area contributed by atoms with E-state index in [9.17, 15) is 64.7 Å². The van der Waals surface area contributed by atoms with Crippen molar-refractivity contribution in [2.45, 2.75) is 275 Å². The summed E-state index contributed by atoms with van der Waals surface area (Å²) in [4.78, 5) is 51.1. The zero-order valence-corrected chi connectivity index (χ0v) is 46.1. The molecule has 2 aliphatic rings. The van der Waals surface area contributed by atoms with E-state index in [2.05, 4.69) is 39.5 Å². The van der Waals surface area contributed by atoms with Gasteiger partial charge in [-0.25, -0.2) is 9.09 Å². The molecular formula is C51H99N2O20P. The number of carbonyl (C=O) groups excluding carboxylic acids is 2. The van der Waals surface area contributed by atoms with Gasteiger partial charge in [0.05, 0.1) is 13.2 Å². The van der Waals surface area contributed by atoms with Gasteiger partial charge in [0, 0.05) is 12.8 Å². The summed E-state index contributed by atoms with van der Waals surface area (Å²) in [6.45, 7) is 10.2. The third-order valence-electron chi connectivity index (χ3n) is 13.4. The first-order chi connectivity index (χ1) is 35.3. The van der Waals surface area contributed by atoms with E-state index in [1.54, 1.807) is 0 Å². The molecule has 1 saturated heterocycles. The summed E-state index contributed by atoms with van der Waals surface area (Å²) in [5.41, 5.74) is 5.57. The first kappa shape index (κ1) is 70.1. The van der Waals surface area contributed by atoms with Crippen LogP contribution >= 0.6 is 7.82 Å². The fourth-order valence-electron chi connectivity index (χ4n) is 8.66. The Labute approximate surface area is 440 Å². The number of carboxylic acids is 1. The van der Waals surface area contributed by atoms with Crippen LogP contribution in [-0.2, 0) is 51.7 Å². The van der Waals surface area contributed by atoms with Crippen molar-refractivity contribution in [1.82, 2.24) is 4.90 Å². The van der Waals surface area contributed by atoms with E-state index < -0.39 is 119 Å². The molecule has 22 nitrogen and oxygen atoms in total. The maximum atomic E-state index is 13.9. The molecular weight excluding hydrogens is 992 g/mol. The Hall–Kier alpha value is -1.96. The topological polar surface area (TPSA) is 344 Å². The van der Waals surface area contributed by atoms with Gasteiger partial charge in [0.2, 0.25) is 0 Å². The van der Waals surface area contributed by atoms with Crippen molar-refractivity contribution >= 4 is 25.7 Å². The normalized spacial score (nSPS) is 26.7. The van der Waals surface area contributed by atoms with Crippen molar-refractivity contribution < 1.29 is 97.4 Å². The summed E-state index contributed by atoms with van der Waals surface area (Å²) >= 11 is 0. The van der Waals surface area contributed by atoms with E-state index in [1.807, 2.05) is 0 Å². The van der Waals surface area contributed by atoms with Crippen LogP contribution in [0, 0.1) is 0 Å². The van der Waals surface area contributed by atoms with Gasteiger partial charge in [0.1, 0.15) is 67.1 Å². The number of phosphoric ester groups is 1. The Morgan fingerprint density at radius 2 is 0.959 bits per heavy atom. The molecule has 0 spiro atoms. The lowest BCUT2D eigenvalue weighted by atomic mass is 9.84. The van der Waals surface area contributed by atoms with Crippen LogP contribution in [0.4, 0.5) is 0 Å². The first-order valence-electron chi connectivity index (χ1n) is 27.7. The third kappa shape index (κ3) is 28.6. The number of unbranched alkanes of at least 4 members (excludes halogenated alkanes) is 21. The van der Waals surface area contributed by atoms with Crippen molar-refractivity contribution in [3.63, 3.8) is 0 Å². The number of hydrogen-bond acceptors (Lipinski definition) is 20. The van der Waals surface area contributed by atoms with E-state index in [4.69, 9.17) is 38.5 Å². The van der Waals surface area contributed by atoms with Crippen LogP contribution in [0.1, 0.15) is 195 Å². The number of esters is 2. The maximum absolute atomic E-state index is 13.9. The van der Waals surface area contributed by atoms with Gasteiger partial charge in [0.25, 0.3) is 0 Å². The first-order valence-corrected chi connectivity index (χ1v) is 29.2. The molecule has 1 heterocycles. The predicted molar refractivity (Wildman–Crippen MR) is 274 cm³/mol. The van der Waals surface area contributed by atoms with Crippen LogP contribution in [0.5, 0.6) is 0 Å². The molecule has 2 rings (SSSR count). The number of nitrogens with zero attached hydrogens (tertiary/aromatic N) is 1. The minimum absolute atomic E-state index is 0.169. The molecule has 2 fully saturated rings. The van der Waals surface area contributed by atoms with Gasteiger partial charge >= 0.3 is 32.2 Å². The molecule has 438 valence electrons. The Balaban J connectivity index is 0.00000363. The molecule has 23 heteroatoms. The van der Waals surface area contributed by atoms with Crippen LogP contribution in [-0.4, -0.2) is 181 Å². The summed E-state index contributed by atoms with van der Waals surface area (Å²) < 4.78 is 51.2. The second-order valence-electron chi connectivity index (χ2n) is 19.5. The van der Waals surface area contributed by atoms with Crippen LogP contribution in [0.3, 0.4) is 0 Å². The van der Waals surface area contributed by atoms with Crippen LogP contribution < -0.4 is 5.73 Å². The number of rotatable bonds is 41. The summed E-state index contributed by atoms with van der Waals surface area (Å²) in [5.74, 6) is -3.46. The van der Waals surface area contributed by atoms with Gasteiger partial charge in [-0.3, -0.25) is 18.9 Å². The second-order valence-corrected chi connectivity index (χ2v) is 20.8. The Morgan fingerprint density at radius 3 is 1.34 bits per heavy atom. The van der Waals surface area contributed by atoms with E-state index in [0.717, 1.165) is 51.4 Å². The predicted octanol–water partition coefficient (Wildman–Crippen LogP) is 5.08.